The number of rotatable bonds is 3. The highest BCUT2D eigenvalue weighted by Crippen LogP contribution is 2.15. The quantitative estimate of drug-likeness (QED) is 0.737. The predicted molar refractivity (Wildman–Crippen MR) is 73.8 cm³/mol. The summed E-state index contributed by atoms with van der Waals surface area (Å²) in [6.07, 6.45) is 0. The van der Waals surface area contributed by atoms with Crippen molar-refractivity contribution in [2.24, 2.45) is 0 Å². The minimum absolute atomic E-state index is 0.120. The number of carbonyl (C=O) groups excluding carboxylic acids is 1. The number of H-pyrrole nitrogens is 1. The Balaban J connectivity index is 1.71. The van der Waals surface area contributed by atoms with E-state index in [2.05, 4.69) is 4.98 Å². The first-order valence-electron chi connectivity index (χ1n) is 6.22. The van der Waals surface area contributed by atoms with E-state index in [-0.39, 0.29) is 12.4 Å². The van der Waals surface area contributed by atoms with Crippen molar-refractivity contribution < 1.29 is 13.9 Å². The molecule has 3 aromatic rings. The van der Waals surface area contributed by atoms with Crippen molar-refractivity contribution >= 4 is 16.9 Å². The fraction of sp³-hybridized carbons (Fsp3) is 0.0625. The fourth-order valence-corrected chi connectivity index (χ4v) is 1.99. The number of aromatic amines is 1. The van der Waals surface area contributed by atoms with Gasteiger partial charge in [0.25, 0.3) is 0 Å². The summed E-state index contributed by atoms with van der Waals surface area (Å²) in [6.45, 7) is 0.120. The van der Waals surface area contributed by atoms with Crippen LogP contribution in [0.15, 0.2) is 54.6 Å². The Hall–Kier alpha value is -2.62. The number of fused-ring (bicyclic) bond motifs is 1. The molecule has 4 heteroatoms. The van der Waals surface area contributed by atoms with Crippen molar-refractivity contribution in [3.8, 4) is 0 Å². The van der Waals surface area contributed by atoms with Crippen molar-refractivity contribution in [1.82, 2.24) is 4.98 Å². The molecule has 0 atom stereocenters. The number of ether oxygens (including phenoxy) is 1. The summed E-state index contributed by atoms with van der Waals surface area (Å²) in [6, 6.07) is 15.2. The molecule has 1 N–H and O–H groups in total. The van der Waals surface area contributed by atoms with E-state index < -0.39 is 5.97 Å². The fourth-order valence-electron chi connectivity index (χ4n) is 1.99. The Morgan fingerprint density at radius 3 is 2.60 bits per heavy atom. The second kappa shape index (κ2) is 5.17. The van der Waals surface area contributed by atoms with Crippen LogP contribution in [0.25, 0.3) is 10.9 Å². The molecule has 3 rings (SSSR count). The molecule has 0 amide bonds. The lowest BCUT2D eigenvalue weighted by atomic mass is 10.2. The maximum Gasteiger partial charge on any atom is 0.355 e. The summed E-state index contributed by atoms with van der Waals surface area (Å²) in [7, 11) is 0. The van der Waals surface area contributed by atoms with E-state index in [1.54, 1.807) is 18.2 Å². The molecule has 0 bridgehead atoms. The topological polar surface area (TPSA) is 42.1 Å². The molecule has 0 spiro atoms. The van der Waals surface area contributed by atoms with Crippen LogP contribution in [0.4, 0.5) is 4.39 Å². The summed E-state index contributed by atoms with van der Waals surface area (Å²) in [5.41, 5.74) is 2.05. The number of esters is 1. The highest BCUT2D eigenvalue weighted by atomic mass is 19.1. The van der Waals surface area contributed by atoms with Gasteiger partial charge in [-0.3, -0.25) is 0 Å². The minimum atomic E-state index is -0.425. The molecule has 2 aromatic carbocycles. The average Bonchev–Trinajstić information content (AvgIpc) is 2.90. The zero-order valence-corrected chi connectivity index (χ0v) is 10.6. The van der Waals surface area contributed by atoms with Gasteiger partial charge in [0.05, 0.1) is 0 Å². The Labute approximate surface area is 115 Å². The Morgan fingerprint density at radius 1 is 1.10 bits per heavy atom. The van der Waals surface area contributed by atoms with E-state index in [4.69, 9.17) is 4.74 Å². The zero-order chi connectivity index (χ0) is 13.9. The smallest absolute Gasteiger partial charge is 0.355 e. The van der Waals surface area contributed by atoms with Crippen LogP contribution >= 0.6 is 0 Å². The van der Waals surface area contributed by atoms with Crippen LogP contribution in [0.3, 0.4) is 0 Å². The van der Waals surface area contributed by atoms with Crippen LogP contribution in [0.5, 0.6) is 0 Å². The molecular formula is C16H12FNO2. The number of hydrogen-bond donors (Lipinski definition) is 1. The summed E-state index contributed by atoms with van der Waals surface area (Å²) in [4.78, 5) is 14.9. The van der Waals surface area contributed by atoms with Crippen LogP contribution < -0.4 is 0 Å². The maximum absolute atomic E-state index is 12.8. The van der Waals surface area contributed by atoms with Gasteiger partial charge in [-0.25, -0.2) is 9.18 Å². The van der Waals surface area contributed by atoms with Crippen molar-refractivity contribution in [1.29, 1.82) is 0 Å². The van der Waals surface area contributed by atoms with Crippen molar-refractivity contribution in [3.05, 3.63) is 71.7 Å². The largest absolute Gasteiger partial charge is 0.456 e. The molecule has 0 aliphatic heterocycles. The van der Waals surface area contributed by atoms with E-state index in [1.807, 2.05) is 24.3 Å². The molecule has 3 nitrogen and oxygen atoms in total. The van der Waals surface area contributed by atoms with Gasteiger partial charge in [0, 0.05) is 10.9 Å². The Morgan fingerprint density at radius 2 is 1.85 bits per heavy atom. The highest BCUT2D eigenvalue weighted by Gasteiger charge is 2.10. The van der Waals surface area contributed by atoms with E-state index >= 15 is 0 Å². The number of halogens is 1. The number of carbonyl (C=O) groups is 1. The Kier molecular flexibility index (Phi) is 3.21. The lowest BCUT2D eigenvalue weighted by molar-refractivity contribution is 0.0467. The second-order valence-corrected chi connectivity index (χ2v) is 4.47. The molecule has 0 radical (unpaired) electrons. The summed E-state index contributed by atoms with van der Waals surface area (Å²) < 4.78 is 17.9. The Bertz CT molecular complexity index is 714. The van der Waals surface area contributed by atoms with Gasteiger partial charge in [0.2, 0.25) is 0 Å². The molecule has 0 aliphatic carbocycles. The van der Waals surface area contributed by atoms with Gasteiger partial charge in [0.1, 0.15) is 18.1 Å². The number of nitrogens with one attached hydrogen (secondary N) is 1. The molecule has 0 unspecified atom stereocenters. The minimum Gasteiger partial charge on any atom is -0.456 e. The summed E-state index contributed by atoms with van der Waals surface area (Å²) in [5, 5.41) is 0.959. The first-order chi connectivity index (χ1) is 9.72. The van der Waals surface area contributed by atoms with Gasteiger partial charge < -0.3 is 9.72 Å². The van der Waals surface area contributed by atoms with Crippen LogP contribution in [0.1, 0.15) is 16.1 Å². The molecule has 1 aromatic heterocycles. The number of benzene rings is 2. The van der Waals surface area contributed by atoms with Crippen molar-refractivity contribution in [2.45, 2.75) is 6.61 Å². The monoisotopic (exact) mass is 269 g/mol. The van der Waals surface area contributed by atoms with E-state index in [1.165, 1.54) is 12.1 Å². The van der Waals surface area contributed by atoms with Gasteiger partial charge in [-0.1, -0.05) is 30.3 Å². The van der Waals surface area contributed by atoms with Gasteiger partial charge >= 0.3 is 5.97 Å². The summed E-state index contributed by atoms with van der Waals surface area (Å²) in [5.74, 6) is -0.735. The first-order valence-corrected chi connectivity index (χ1v) is 6.22. The molecule has 0 aliphatic rings. The molecule has 100 valence electrons. The molecule has 0 saturated heterocycles. The molecule has 0 saturated carbocycles. The zero-order valence-electron chi connectivity index (χ0n) is 10.6. The van der Waals surface area contributed by atoms with Gasteiger partial charge in [-0.05, 0) is 29.8 Å². The highest BCUT2D eigenvalue weighted by molar-refractivity contribution is 5.94. The molecule has 0 fully saturated rings. The average molecular weight is 269 g/mol. The lowest BCUT2D eigenvalue weighted by Crippen LogP contribution is -2.05. The van der Waals surface area contributed by atoms with Crippen LogP contribution in [0.2, 0.25) is 0 Å². The van der Waals surface area contributed by atoms with E-state index in [9.17, 15) is 9.18 Å². The van der Waals surface area contributed by atoms with E-state index in [0.717, 1.165) is 16.5 Å². The van der Waals surface area contributed by atoms with Gasteiger partial charge in [0.15, 0.2) is 0 Å². The van der Waals surface area contributed by atoms with Crippen LogP contribution in [0, 0.1) is 5.82 Å². The van der Waals surface area contributed by atoms with Gasteiger partial charge in [-0.2, -0.15) is 0 Å². The first kappa shape index (κ1) is 12.4. The lowest BCUT2D eigenvalue weighted by Gasteiger charge is -2.03. The molecular weight excluding hydrogens is 257 g/mol. The van der Waals surface area contributed by atoms with Crippen LogP contribution in [-0.4, -0.2) is 11.0 Å². The van der Waals surface area contributed by atoms with Crippen LogP contribution in [-0.2, 0) is 11.3 Å². The third-order valence-electron chi connectivity index (χ3n) is 3.03. The van der Waals surface area contributed by atoms with Crippen molar-refractivity contribution in [3.63, 3.8) is 0 Å². The van der Waals surface area contributed by atoms with Gasteiger partial charge in [-0.15, -0.1) is 0 Å². The third kappa shape index (κ3) is 2.54. The SMILES string of the molecule is O=C(OCc1ccc(F)cc1)c1cc2ccccc2[nH]1. The van der Waals surface area contributed by atoms with E-state index in [0.29, 0.717) is 5.69 Å². The predicted octanol–water partition coefficient (Wildman–Crippen LogP) is 3.66. The maximum atomic E-state index is 12.8. The number of hydrogen-bond acceptors (Lipinski definition) is 2. The number of para-hydroxylation sites is 1. The normalized spacial score (nSPS) is 10.7. The third-order valence-corrected chi connectivity index (χ3v) is 3.03. The second-order valence-electron chi connectivity index (χ2n) is 4.47. The van der Waals surface area contributed by atoms with Crippen molar-refractivity contribution in [2.75, 3.05) is 0 Å². The summed E-state index contributed by atoms with van der Waals surface area (Å²) >= 11 is 0. The number of aromatic nitrogens is 1. The standard InChI is InChI=1S/C16H12FNO2/c17-13-7-5-11(6-8-13)10-20-16(19)15-9-12-3-1-2-4-14(12)18-15/h1-9,18H,10H2. The molecule has 20 heavy (non-hydrogen) atoms. The molecule has 1 heterocycles.